The standard InChI is InChI=1S/C24H52N.H2S/c1-5-9-13-17-21-25(22-18-14-10-6-2,23-19-15-11-7-3)24-20-16-12-8-4;/h5-24H2,1-4H3;1H2/q+1;. The van der Waals surface area contributed by atoms with E-state index in [1.807, 2.05) is 0 Å². The lowest BCUT2D eigenvalue weighted by Crippen LogP contribution is -2.50. The van der Waals surface area contributed by atoms with E-state index in [2.05, 4.69) is 27.7 Å². The van der Waals surface area contributed by atoms with Gasteiger partial charge >= 0.3 is 0 Å². The van der Waals surface area contributed by atoms with Crippen molar-refractivity contribution < 1.29 is 4.48 Å². The summed E-state index contributed by atoms with van der Waals surface area (Å²) in [5, 5.41) is 0. The van der Waals surface area contributed by atoms with Crippen LogP contribution in [-0.4, -0.2) is 30.7 Å². The predicted octanol–water partition coefficient (Wildman–Crippen LogP) is 8.24. The zero-order valence-corrected chi connectivity index (χ0v) is 20.1. The molecule has 0 fully saturated rings. The molecule has 1 nitrogen and oxygen atoms in total. The first-order valence-corrected chi connectivity index (χ1v) is 12.1. The van der Waals surface area contributed by atoms with Crippen LogP contribution in [-0.2, 0) is 0 Å². The molecule has 0 atom stereocenters. The third kappa shape index (κ3) is 16.5. The van der Waals surface area contributed by atoms with Gasteiger partial charge in [0.1, 0.15) is 0 Å². The summed E-state index contributed by atoms with van der Waals surface area (Å²) in [6.45, 7) is 15.2. The van der Waals surface area contributed by atoms with Gasteiger partial charge in [-0.25, -0.2) is 0 Å². The Kier molecular flexibility index (Phi) is 23.7. The summed E-state index contributed by atoms with van der Waals surface area (Å²) in [7, 11) is 0. The molecule has 0 aliphatic rings. The molecule has 0 bridgehead atoms. The van der Waals surface area contributed by atoms with E-state index in [4.69, 9.17) is 0 Å². The SMILES string of the molecule is CCCCCC[N+](CCCCCC)(CCCCCC)CCCCCC.S. The van der Waals surface area contributed by atoms with E-state index in [1.165, 1.54) is 133 Å². The Bertz CT molecular complexity index is 201. The maximum absolute atomic E-state index is 2.34. The molecule has 0 N–H and O–H groups in total. The highest BCUT2D eigenvalue weighted by Gasteiger charge is 2.25. The molecule has 0 saturated carbocycles. The lowest BCUT2D eigenvalue weighted by molar-refractivity contribution is -0.929. The molecule has 0 radical (unpaired) electrons. The fourth-order valence-electron chi connectivity index (χ4n) is 4.17. The number of hydrogen-bond acceptors (Lipinski definition) is 0. The Morgan fingerprint density at radius 1 is 0.346 bits per heavy atom. The third-order valence-electron chi connectivity index (χ3n) is 5.94. The molecular weight excluding hydrogens is 334 g/mol. The second kappa shape index (κ2) is 21.6. The van der Waals surface area contributed by atoms with Gasteiger partial charge in [-0.2, -0.15) is 13.5 Å². The molecule has 0 aromatic carbocycles. The van der Waals surface area contributed by atoms with Gasteiger partial charge in [0.15, 0.2) is 0 Å². The van der Waals surface area contributed by atoms with Crippen LogP contribution in [0.4, 0.5) is 0 Å². The molecule has 0 amide bonds. The molecule has 160 valence electrons. The van der Waals surface area contributed by atoms with Crippen LogP contribution >= 0.6 is 13.5 Å². The van der Waals surface area contributed by atoms with Crippen molar-refractivity contribution in [1.29, 1.82) is 0 Å². The van der Waals surface area contributed by atoms with Gasteiger partial charge in [0.25, 0.3) is 0 Å². The highest BCUT2D eigenvalue weighted by atomic mass is 32.1. The van der Waals surface area contributed by atoms with E-state index in [0.29, 0.717) is 0 Å². The van der Waals surface area contributed by atoms with Gasteiger partial charge in [0, 0.05) is 0 Å². The van der Waals surface area contributed by atoms with E-state index < -0.39 is 0 Å². The van der Waals surface area contributed by atoms with Gasteiger partial charge < -0.3 is 4.48 Å². The quantitative estimate of drug-likeness (QED) is 0.145. The molecule has 0 rings (SSSR count). The fourth-order valence-corrected chi connectivity index (χ4v) is 4.17. The maximum Gasteiger partial charge on any atom is 0.0786 e. The van der Waals surface area contributed by atoms with Crippen molar-refractivity contribution in [2.24, 2.45) is 0 Å². The van der Waals surface area contributed by atoms with Crippen molar-refractivity contribution in [3.05, 3.63) is 0 Å². The summed E-state index contributed by atoms with van der Waals surface area (Å²) in [4.78, 5) is 0. The first kappa shape index (κ1) is 28.5. The molecule has 26 heavy (non-hydrogen) atoms. The lowest BCUT2D eigenvalue weighted by Gasteiger charge is -2.39. The average Bonchev–Trinajstić information content (AvgIpc) is 2.63. The summed E-state index contributed by atoms with van der Waals surface area (Å²) in [6, 6.07) is 0. The minimum absolute atomic E-state index is 0. The summed E-state index contributed by atoms with van der Waals surface area (Å²) in [5.41, 5.74) is 0. The van der Waals surface area contributed by atoms with Gasteiger partial charge in [-0.15, -0.1) is 0 Å². The van der Waals surface area contributed by atoms with E-state index in [9.17, 15) is 0 Å². The molecule has 0 saturated heterocycles. The summed E-state index contributed by atoms with van der Waals surface area (Å²) in [5.74, 6) is 0. The minimum atomic E-state index is 0. The summed E-state index contributed by atoms with van der Waals surface area (Å²) >= 11 is 0. The molecule has 0 spiro atoms. The highest BCUT2D eigenvalue weighted by Crippen LogP contribution is 2.19. The van der Waals surface area contributed by atoms with Gasteiger partial charge in [0.05, 0.1) is 26.2 Å². The van der Waals surface area contributed by atoms with Crippen LogP contribution < -0.4 is 0 Å². The molecule has 0 aromatic heterocycles. The monoisotopic (exact) mass is 388 g/mol. The lowest BCUT2D eigenvalue weighted by atomic mass is 10.1. The second-order valence-electron chi connectivity index (χ2n) is 8.48. The van der Waals surface area contributed by atoms with Gasteiger partial charge in [-0.1, -0.05) is 79.1 Å². The molecule has 0 aliphatic carbocycles. The largest absolute Gasteiger partial charge is 0.324 e. The Morgan fingerprint density at radius 2 is 0.577 bits per heavy atom. The Labute approximate surface area is 174 Å². The first-order chi connectivity index (χ1) is 12.2. The summed E-state index contributed by atoms with van der Waals surface area (Å²) in [6.07, 6.45) is 22.8. The van der Waals surface area contributed by atoms with Crippen LogP contribution in [0.25, 0.3) is 0 Å². The van der Waals surface area contributed by atoms with E-state index in [-0.39, 0.29) is 13.5 Å². The van der Waals surface area contributed by atoms with Crippen molar-refractivity contribution in [2.45, 2.75) is 130 Å². The predicted molar refractivity (Wildman–Crippen MR) is 127 cm³/mol. The van der Waals surface area contributed by atoms with Crippen LogP contribution in [0.5, 0.6) is 0 Å². The Balaban J connectivity index is 0. The number of hydrogen-bond donors (Lipinski definition) is 0. The number of nitrogens with zero attached hydrogens (tertiary/aromatic N) is 1. The van der Waals surface area contributed by atoms with Crippen molar-refractivity contribution in [2.75, 3.05) is 26.2 Å². The van der Waals surface area contributed by atoms with Crippen molar-refractivity contribution in [3.63, 3.8) is 0 Å². The number of unbranched alkanes of at least 4 members (excludes halogenated alkanes) is 12. The molecular formula is C24H54NS+. The van der Waals surface area contributed by atoms with Crippen LogP contribution in [0.15, 0.2) is 0 Å². The molecule has 0 heterocycles. The van der Waals surface area contributed by atoms with Gasteiger partial charge in [0.2, 0.25) is 0 Å². The van der Waals surface area contributed by atoms with Gasteiger partial charge in [-0.05, 0) is 51.4 Å². The maximum atomic E-state index is 2.34. The molecule has 0 aliphatic heterocycles. The van der Waals surface area contributed by atoms with Crippen LogP contribution in [0.1, 0.15) is 130 Å². The summed E-state index contributed by atoms with van der Waals surface area (Å²) < 4.78 is 1.46. The topological polar surface area (TPSA) is 0 Å². The van der Waals surface area contributed by atoms with Crippen LogP contribution in [0.3, 0.4) is 0 Å². The Morgan fingerprint density at radius 3 is 0.769 bits per heavy atom. The second-order valence-corrected chi connectivity index (χ2v) is 8.48. The third-order valence-corrected chi connectivity index (χ3v) is 5.94. The first-order valence-electron chi connectivity index (χ1n) is 12.1. The minimum Gasteiger partial charge on any atom is -0.324 e. The number of rotatable bonds is 20. The van der Waals surface area contributed by atoms with Crippen LogP contribution in [0.2, 0.25) is 0 Å². The highest BCUT2D eigenvalue weighted by molar-refractivity contribution is 7.59. The van der Waals surface area contributed by atoms with Crippen molar-refractivity contribution >= 4 is 13.5 Å². The van der Waals surface area contributed by atoms with Crippen LogP contribution in [0, 0.1) is 0 Å². The number of quaternary nitrogens is 1. The Hall–Kier alpha value is 0.310. The van der Waals surface area contributed by atoms with Gasteiger partial charge in [-0.3, -0.25) is 0 Å². The molecule has 0 aromatic rings. The van der Waals surface area contributed by atoms with E-state index >= 15 is 0 Å². The van der Waals surface area contributed by atoms with Crippen molar-refractivity contribution in [3.8, 4) is 0 Å². The average molecular weight is 389 g/mol. The van der Waals surface area contributed by atoms with Crippen molar-refractivity contribution in [1.82, 2.24) is 0 Å². The zero-order chi connectivity index (χ0) is 18.6. The zero-order valence-electron chi connectivity index (χ0n) is 19.1. The fraction of sp³-hybridized carbons (Fsp3) is 1.00. The molecule has 2 heteroatoms. The molecule has 0 unspecified atom stereocenters. The van der Waals surface area contributed by atoms with E-state index in [0.717, 1.165) is 0 Å². The smallest absolute Gasteiger partial charge is 0.0786 e. The van der Waals surface area contributed by atoms with E-state index in [1.54, 1.807) is 0 Å². The normalized spacial score (nSPS) is 11.5.